The van der Waals surface area contributed by atoms with Crippen LogP contribution in [0.15, 0.2) is 30.9 Å². The highest BCUT2D eigenvalue weighted by molar-refractivity contribution is 5.42. The predicted octanol–water partition coefficient (Wildman–Crippen LogP) is -1.85. The lowest BCUT2D eigenvalue weighted by atomic mass is 9.98. The second kappa shape index (κ2) is 10.4. The summed E-state index contributed by atoms with van der Waals surface area (Å²) >= 11 is 0. The van der Waals surface area contributed by atoms with E-state index in [4.69, 9.17) is 18.9 Å². The lowest BCUT2D eigenvalue weighted by molar-refractivity contribution is -0.318. The number of benzene rings is 1. The largest absolute Gasteiger partial charge is 0.504 e. The highest BCUT2D eigenvalue weighted by Crippen LogP contribution is 2.32. The number of ether oxygens (including phenoxy) is 4. The van der Waals surface area contributed by atoms with Crippen molar-refractivity contribution in [3.8, 4) is 11.5 Å². The molecule has 0 aliphatic carbocycles. The molecule has 0 bridgehead atoms. The number of allylic oxidation sites excluding steroid dienone is 1. The molecule has 1 aromatic carbocycles. The van der Waals surface area contributed by atoms with Crippen LogP contribution in [0.25, 0.3) is 0 Å². The fraction of sp³-hybridized carbons (Fsp3) is 0.619. The number of aliphatic hydroxyl groups excluding tert-OH is 6. The van der Waals surface area contributed by atoms with Gasteiger partial charge in [0, 0.05) is 0 Å². The van der Waals surface area contributed by atoms with E-state index in [0.717, 1.165) is 5.56 Å². The molecular weight excluding hydrogens is 428 g/mol. The molecule has 3 rings (SSSR count). The van der Waals surface area contributed by atoms with Crippen molar-refractivity contribution in [2.45, 2.75) is 74.8 Å². The zero-order chi connectivity index (χ0) is 23.6. The number of aliphatic hydroxyl groups is 6. The maximum absolute atomic E-state index is 10.3. The summed E-state index contributed by atoms with van der Waals surface area (Å²) in [5, 5.41) is 70.6. The molecule has 2 heterocycles. The number of rotatable bonds is 7. The third-order valence-corrected chi connectivity index (χ3v) is 5.55. The minimum atomic E-state index is -1.66. The molecule has 32 heavy (non-hydrogen) atoms. The van der Waals surface area contributed by atoms with Crippen LogP contribution in [0.5, 0.6) is 11.5 Å². The van der Waals surface area contributed by atoms with Gasteiger partial charge in [-0.1, -0.05) is 12.1 Å². The molecule has 10 atom stereocenters. The van der Waals surface area contributed by atoms with Crippen molar-refractivity contribution in [1.82, 2.24) is 0 Å². The van der Waals surface area contributed by atoms with Gasteiger partial charge in [-0.3, -0.25) is 0 Å². The van der Waals surface area contributed by atoms with E-state index in [1.807, 2.05) is 0 Å². The maximum Gasteiger partial charge on any atom is 0.229 e. The van der Waals surface area contributed by atoms with Gasteiger partial charge in [-0.25, -0.2) is 0 Å². The normalized spacial score (nSPS) is 40.1. The van der Waals surface area contributed by atoms with E-state index in [2.05, 4.69) is 6.58 Å². The van der Waals surface area contributed by atoms with Crippen LogP contribution in [-0.2, 0) is 20.6 Å². The van der Waals surface area contributed by atoms with Gasteiger partial charge in [-0.2, -0.15) is 0 Å². The van der Waals surface area contributed by atoms with Gasteiger partial charge in [-0.15, -0.1) is 6.58 Å². The minimum absolute atomic E-state index is 0.0120. The Hall–Kier alpha value is -1.80. The van der Waals surface area contributed by atoms with E-state index < -0.39 is 68.0 Å². The van der Waals surface area contributed by atoms with Crippen LogP contribution in [0.1, 0.15) is 12.5 Å². The average molecular weight is 458 g/mol. The smallest absolute Gasteiger partial charge is 0.229 e. The van der Waals surface area contributed by atoms with Crippen molar-refractivity contribution in [3.63, 3.8) is 0 Å². The van der Waals surface area contributed by atoms with Crippen molar-refractivity contribution in [2.75, 3.05) is 6.61 Å². The first-order chi connectivity index (χ1) is 15.1. The first kappa shape index (κ1) is 24.8. The van der Waals surface area contributed by atoms with E-state index >= 15 is 0 Å². The van der Waals surface area contributed by atoms with E-state index in [0.29, 0.717) is 6.42 Å². The number of phenolic OH excluding ortho intramolecular Hbond substituents is 1. The van der Waals surface area contributed by atoms with Gasteiger partial charge in [0.2, 0.25) is 6.29 Å². The van der Waals surface area contributed by atoms with Gasteiger partial charge in [0.05, 0.1) is 12.7 Å². The Morgan fingerprint density at radius 2 is 1.56 bits per heavy atom. The van der Waals surface area contributed by atoms with Crippen LogP contribution in [0, 0.1) is 0 Å². The van der Waals surface area contributed by atoms with Crippen molar-refractivity contribution in [1.29, 1.82) is 0 Å². The molecule has 180 valence electrons. The second-order valence-corrected chi connectivity index (χ2v) is 7.94. The Morgan fingerprint density at radius 3 is 2.22 bits per heavy atom. The first-order valence-electron chi connectivity index (χ1n) is 10.2. The molecule has 0 amide bonds. The van der Waals surface area contributed by atoms with Gasteiger partial charge < -0.3 is 54.7 Å². The Kier molecular flexibility index (Phi) is 8.09. The van der Waals surface area contributed by atoms with Crippen molar-refractivity contribution < 1.29 is 54.7 Å². The SMILES string of the molecule is C=CCc1ccc(O[C@@H]2O[C@H](CO[C@@H]3O[C@@H](C)[C@H](O)[C@@H](O)[C@H]3O)[C@@H](O)[C@H](O)[C@H]2O)c(O)c1. The van der Waals surface area contributed by atoms with Crippen LogP contribution in [0.4, 0.5) is 0 Å². The van der Waals surface area contributed by atoms with Gasteiger partial charge in [0.15, 0.2) is 17.8 Å². The van der Waals surface area contributed by atoms with Gasteiger partial charge in [0.25, 0.3) is 0 Å². The second-order valence-electron chi connectivity index (χ2n) is 7.94. The zero-order valence-electron chi connectivity index (χ0n) is 17.5. The monoisotopic (exact) mass is 458 g/mol. The molecule has 2 fully saturated rings. The zero-order valence-corrected chi connectivity index (χ0v) is 17.5. The first-order valence-corrected chi connectivity index (χ1v) is 10.2. The fourth-order valence-electron chi connectivity index (χ4n) is 3.57. The summed E-state index contributed by atoms with van der Waals surface area (Å²) in [5.41, 5.74) is 0.782. The van der Waals surface area contributed by atoms with Gasteiger partial charge in [0.1, 0.15) is 42.7 Å². The highest BCUT2D eigenvalue weighted by atomic mass is 16.7. The molecule has 11 heteroatoms. The van der Waals surface area contributed by atoms with E-state index in [9.17, 15) is 35.7 Å². The standard InChI is InChI=1S/C21H30O11/c1-3-4-10-5-6-12(11(22)7-10)31-21-19(28)17(26)15(24)13(32-21)8-29-20-18(27)16(25)14(23)9(2)30-20/h3,5-7,9,13-28H,1,4,8H2,2H3/t9-,13+,14-,15+,16+,17-,18+,19+,20+,21+/m0/s1. The molecule has 0 spiro atoms. The Morgan fingerprint density at radius 1 is 0.906 bits per heavy atom. The minimum Gasteiger partial charge on any atom is -0.504 e. The van der Waals surface area contributed by atoms with Crippen LogP contribution >= 0.6 is 0 Å². The number of phenols is 1. The topological polar surface area (TPSA) is 179 Å². The molecule has 0 unspecified atom stereocenters. The van der Waals surface area contributed by atoms with Crippen LogP contribution in [-0.4, -0.2) is 104 Å². The maximum atomic E-state index is 10.3. The molecule has 0 radical (unpaired) electrons. The summed E-state index contributed by atoms with van der Waals surface area (Å²) in [6, 6.07) is 4.61. The fourth-order valence-corrected chi connectivity index (χ4v) is 3.57. The average Bonchev–Trinajstić information content (AvgIpc) is 2.76. The Balaban J connectivity index is 1.66. The lowest BCUT2D eigenvalue weighted by Gasteiger charge is -2.42. The van der Waals surface area contributed by atoms with E-state index in [1.54, 1.807) is 12.1 Å². The quantitative estimate of drug-likeness (QED) is 0.228. The molecule has 2 aliphatic heterocycles. The summed E-state index contributed by atoms with van der Waals surface area (Å²) in [5.74, 6) is -0.226. The van der Waals surface area contributed by atoms with E-state index in [-0.39, 0.29) is 11.5 Å². The van der Waals surface area contributed by atoms with E-state index in [1.165, 1.54) is 19.1 Å². The molecule has 0 aromatic heterocycles. The molecule has 2 aliphatic rings. The Labute approximate surface area is 184 Å². The summed E-state index contributed by atoms with van der Waals surface area (Å²) in [6.45, 7) is 4.70. The van der Waals surface area contributed by atoms with Gasteiger partial charge in [-0.05, 0) is 31.0 Å². The number of hydrogen-bond acceptors (Lipinski definition) is 11. The summed E-state index contributed by atoms with van der Waals surface area (Å²) in [4.78, 5) is 0. The van der Waals surface area contributed by atoms with Crippen molar-refractivity contribution in [2.24, 2.45) is 0 Å². The summed E-state index contributed by atoms with van der Waals surface area (Å²) in [6.07, 6.45) is -11.9. The Bertz CT molecular complexity index is 774. The molecule has 7 N–H and O–H groups in total. The molecule has 0 saturated carbocycles. The lowest BCUT2D eigenvalue weighted by Crippen LogP contribution is -2.61. The third kappa shape index (κ3) is 5.22. The highest BCUT2D eigenvalue weighted by Gasteiger charge is 2.47. The van der Waals surface area contributed by atoms with Crippen molar-refractivity contribution >= 4 is 0 Å². The summed E-state index contributed by atoms with van der Waals surface area (Å²) in [7, 11) is 0. The van der Waals surface area contributed by atoms with Crippen molar-refractivity contribution in [3.05, 3.63) is 36.4 Å². The third-order valence-electron chi connectivity index (χ3n) is 5.55. The molecule has 1 aromatic rings. The number of hydrogen-bond donors (Lipinski definition) is 7. The van der Waals surface area contributed by atoms with Gasteiger partial charge >= 0.3 is 0 Å². The molecule has 2 saturated heterocycles. The molecular formula is C21H30O11. The van der Waals surface area contributed by atoms with Crippen LogP contribution < -0.4 is 4.74 Å². The van der Waals surface area contributed by atoms with Crippen LogP contribution in [0.3, 0.4) is 0 Å². The molecule has 11 nitrogen and oxygen atoms in total. The number of aromatic hydroxyl groups is 1. The van der Waals surface area contributed by atoms with Crippen LogP contribution in [0.2, 0.25) is 0 Å². The summed E-state index contributed by atoms with van der Waals surface area (Å²) < 4.78 is 21.8. The predicted molar refractivity (Wildman–Crippen MR) is 108 cm³/mol.